The number of aromatic nitrogens is 2. The minimum absolute atomic E-state index is 0.0239. The van der Waals surface area contributed by atoms with Crippen LogP contribution < -0.4 is 11.1 Å². The summed E-state index contributed by atoms with van der Waals surface area (Å²) in [7, 11) is 0. The summed E-state index contributed by atoms with van der Waals surface area (Å²) in [6.07, 6.45) is 4.40. The summed E-state index contributed by atoms with van der Waals surface area (Å²) in [5.74, 6) is -1.56. The first-order valence-corrected chi connectivity index (χ1v) is 8.76. The maximum absolute atomic E-state index is 13.1. The molecule has 1 aromatic rings. The summed E-state index contributed by atoms with van der Waals surface area (Å²) in [5.41, 5.74) is 6.17. The van der Waals surface area contributed by atoms with Crippen LogP contribution >= 0.6 is 0 Å². The number of hydrogen-bond acceptors (Lipinski definition) is 5. The van der Waals surface area contributed by atoms with E-state index in [-0.39, 0.29) is 48.7 Å². The van der Waals surface area contributed by atoms with Gasteiger partial charge in [0.25, 0.3) is 0 Å². The molecule has 1 aromatic heterocycles. The number of rotatable bonds is 6. The molecule has 3 rings (SSSR count). The van der Waals surface area contributed by atoms with Crippen LogP contribution in [0.25, 0.3) is 0 Å². The summed E-state index contributed by atoms with van der Waals surface area (Å²) in [4.78, 5) is 56.6. The molecule has 0 bridgehead atoms. The molecule has 1 unspecified atom stereocenters. The molecule has 1 saturated heterocycles. The minimum Gasteiger partial charge on any atom is -0.368 e. The van der Waals surface area contributed by atoms with Gasteiger partial charge in [-0.3, -0.25) is 19.2 Å². The van der Waals surface area contributed by atoms with Gasteiger partial charge in [-0.15, -0.1) is 0 Å². The van der Waals surface area contributed by atoms with E-state index in [0.717, 1.165) is 0 Å². The molecule has 1 aliphatic carbocycles. The van der Waals surface area contributed by atoms with Crippen molar-refractivity contribution in [2.75, 3.05) is 6.54 Å². The van der Waals surface area contributed by atoms with Crippen molar-refractivity contribution in [3.05, 3.63) is 18.2 Å². The van der Waals surface area contributed by atoms with Crippen LogP contribution in [0, 0.1) is 11.8 Å². The number of H-pyrrole nitrogens is 1. The van der Waals surface area contributed by atoms with Crippen LogP contribution in [0.4, 0.5) is 0 Å². The van der Waals surface area contributed by atoms with E-state index in [4.69, 9.17) is 5.73 Å². The van der Waals surface area contributed by atoms with Crippen molar-refractivity contribution in [2.45, 2.75) is 44.7 Å². The molecule has 2 aliphatic rings. The molecular formula is C17H23N5O4. The van der Waals surface area contributed by atoms with E-state index in [1.165, 1.54) is 11.2 Å². The lowest BCUT2D eigenvalue weighted by atomic mass is 9.83. The number of likely N-dealkylation sites (tertiary alicyclic amines) is 1. The molecule has 1 saturated carbocycles. The third kappa shape index (κ3) is 3.61. The number of amides is 3. The number of carbonyl (C=O) groups excluding carboxylic acids is 4. The largest absolute Gasteiger partial charge is 0.368 e. The second-order valence-electron chi connectivity index (χ2n) is 7.13. The maximum Gasteiger partial charge on any atom is 0.246 e. The van der Waals surface area contributed by atoms with Gasteiger partial charge in [-0.1, -0.05) is 6.92 Å². The first-order chi connectivity index (χ1) is 12.4. The van der Waals surface area contributed by atoms with Gasteiger partial charge < -0.3 is 20.9 Å². The molecule has 9 nitrogen and oxygen atoms in total. The predicted molar refractivity (Wildman–Crippen MR) is 90.4 cm³/mol. The zero-order chi connectivity index (χ0) is 18.8. The van der Waals surface area contributed by atoms with Gasteiger partial charge in [0.15, 0.2) is 0 Å². The maximum atomic E-state index is 13.1. The molecule has 0 aromatic carbocycles. The van der Waals surface area contributed by atoms with E-state index in [1.807, 2.05) is 6.92 Å². The fourth-order valence-electron chi connectivity index (χ4n) is 3.61. The number of hydrogen-bond donors (Lipinski definition) is 3. The van der Waals surface area contributed by atoms with Crippen molar-refractivity contribution in [3.8, 4) is 0 Å². The molecule has 26 heavy (non-hydrogen) atoms. The average Bonchev–Trinajstić information content (AvgIpc) is 3.19. The van der Waals surface area contributed by atoms with Gasteiger partial charge in [-0.25, -0.2) is 4.98 Å². The van der Waals surface area contributed by atoms with Gasteiger partial charge in [0.1, 0.15) is 17.9 Å². The highest BCUT2D eigenvalue weighted by atomic mass is 16.2. The monoisotopic (exact) mass is 361 g/mol. The van der Waals surface area contributed by atoms with E-state index >= 15 is 0 Å². The van der Waals surface area contributed by atoms with Crippen LogP contribution in [0.2, 0.25) is 0 Å². The molecule has 9 heteroatoms. The number of primary amides is 1. The number of nitrogens with two attached hydrogens (primary N) is 1. The molecule has 1 aliphatic heterocycles. The second-order valence-corrected chi connectivity index (χ2v) is 7.13. The Kier molecular flexibility index (Phi) is 5.06. The molecule has 3 atom stereocenters. The van der Waals surface area contributed by atoms with Crippen molar-refractivity contribution in [3.63, 3.8) is 0 Å². The number of nitrogens with one attached hydrogen (secondary N) is 2. The number of nitrogens with zero attached hydrogens (tertiary/aromatic N) is 2. The highest BCUT2D eigenvalue weighted by molar-refractivity contribution is 5.98. The van der Waals surface area contributed by atoms with Crippen LogP contribution in [0.1, 0.15) is 31.9 Å². The Hall–Kier alpha value is -2.71. The quantitative estimate of drug-likeness (QED) is 0.605. The third-order valence-corrected chi connectivity index (χ3v) is 5.19. The zero-order valence-electron chi connectivity index (χ0n) is 14.6. The number of imidazole rings is 1. The summed E-state index contributed by atoms with van der Waals surface area (Å²) >= 11 is 0. The van der Waals surface area contributed by atoms with Crippen molar-refractivity contribution in [2.24, 2.45) is 17.6 Å². The molecular weight excluding hydrogens is 338 g/mol. The van der Waals surface area contributed by atoms with E-state index in [0.29, 0.717) is 18.7 Å². The lowest BCUT2D eigenvalue weighted by Gasteiger charge is -2.30. The van der Waals surface area contributed by atoms with Crippen molar-refractivity contribution in [1.82, 2.24) is 20.2 Å². The number of aromatic amines is 1. The number of Topliss-reactive ketones (excluding diaryl/α,β-unsaturated/α-hetero) is 1. The highest BCUT2D eigenvalue weighted by Crippen LogP contribution is 2.26. The molecule has 4 N–H and O–H groups in total. The summed E-state index contributed by atoms with van der Waals surface area (Å²) in [6, 6.07) is -1.51. The molecule has 140 valence electrons. The number of carbonyl (C=O) groups is 4. The first kappa shape index (κ1) is 18.1. The van der Waals surface area contributed by atoms with E-state index in [1.54, 1.807) is 6.20 Å². The SMILES string of the molecule is CC1CCN(C(=O)[C@H](Cc2cnc[nH]2)NC(=O)C2CC(=O)C2)[C@@H]1C(N)=O. The van der Waals surface area contributed by atoms with Crippen LogP contribution in [-0.2, 0) is 25.6 Å². The molecule has 3 amide bonds. The molecule has 0 spiro atoms. The standard InChI is InChI=1S/C17H23N5O4/c1-9-2-3-22(14(9)15(18)24)17(26)13(6-11-7-19-8-20-11)21-16(25)10-4-12(23)5-10/h7-10,13-14H,2-6H2,1H3,(H2,18,24)(H,19,20)(H,21,25)/t9?,13-,14-/m0/s1. The van der Waals surface area contributed by atoms with Gasteiger partial charge in [-0.2, -0.15) is 0 Å². The Balaban J connectivity index is 1.75. The smallest absolute Gasteiger partial charge is 0.246 e. The van der Waals surface area contributed by atoms with Gasteiger partial charge in [-0.05, 0) is 12.3 Å². The first-order valence-electron chi connectivity index (χ1n) is 8.76. The fraction of sp³-hybridized carbons (Fsp3) is 0.588. The Bertz CT molecular complexity index is 709. The Morgan fingerprint density at radius 1 is 1.42 bits per heavy atom. The van der Waals surface area contributed by atoms with Crippen LogP contribution in [-0.4, -0.2) is 57.0 Å². The lowest BCUT2D eigenvalue weighted by Crippen LogP contribution is -2.56. The van der Waals surface area contributed by atoms with Gasteiger partial charge in [0.2, 0.25) is 17.7 Å². The highest BCUT2D eigenvalue weighted by Gasteiger charge is 2.42. The lowest BCUT2D eigenvalue weighted by molar-refractivity contribution is -0.143. The van der Waals surface area contributed by atoms with E-state index in [2.05, 4.69) is 15.3 Å². The van der Waals surface area contributed by atoms with Crippen LogP contribution in [0.5, 0.6) is 0 Å². The van der Waals surface area contributed by atoms with E-state index < -0.39 is 18.0 Å². The average molecular weight is 361 g/mol. The van der Waals surface area contributed by atoms with Gasteiger partial charge >= 0.3 is 0 Å². The zero-order valence-corrected chi connectivity index (χ0v) is 14.6. The van der Waals surface area contributed by atoms with Crippen molar-refractivity contribution >= 4 is 23.5 Å². The molecule has 0 radical (unpaired) electrons. The van der Waals surface area contributed by atoms with Crippen molar-refractivity contribution < 1.29 is 19.2 Å². The van der Waals surface area contributed by atoms with E-state index in [9.17, 15) is 19.2 Å². The minimum atomic E-state index is -0.842. The Morgan fingerprint density at radius 3 is 2.73 bits per heavy atom. The molecule has 2 heterocycles. The summed E-state index contributed by atoms with van der Waals surface area (Å²) in [5, 5.41) is 2.75. The van der Waals surface area contributed by atoms with Gasteiger partial charge in [0, 0.05) is 37.7 Å². The van der Waals surface area contributed by atoms with Crippen molar-refractivity contribution in [1.29, 1.82) is 0 Å². The normalized spacial score (nSPS) is 24.2. The summed E-state index contributed by atoms with van der Waals surface area (Å²) in [6.45, 7) is 2.30. The predicted octanol–water partition coefficient (Wildman–Crippen LogP) is -0.862. The van der Waals surface area contributed by atoms with Gasteiger partial charge in [0.05, 0.1) is 12.2 Å². The number of ketones is 1. The van der Waals surface area contributed by atoms with Crippen LogP contribution in [0.3, 0.4) is 0 Å². The summed E-state index contributed by atoms with van der Waals surface area (Å²) < 4.78 is 0. The molecule has 2 fully saturated rings. The van der Waals surface area contributed by atoms with Crippen LogP contribution in [0.15, 0.2) is 12.5 Å². The topological polar surface area (TPSA) is 138 Å². The fourth-order valence-corrected chi connectivity index (χ4v) is 3.61. The Morgan fingerprint density at radius 2 is 2.15 bits per heavy atom. The third-order valence-electron chi connectivity index (χ3n) is 5.19. The Labute approximate surface area is 150 Å². The second kappa shape index (κ2) is 7.27.